The van der Waals surface area contributed by atoms with E-state index in [4.69, 9.17) is 9.47 Å². The minimum absolute atomic E-state index is 0.0932. The third-order valence-electron chi connectivity index (χ3n) is 3.40. The molecule has 8 heteroatoms. The van der Waals surface area contributed by atoms with Crippen molar-refractivity contribution in [3.63, 3.8) is 0 Å². The predicted octanol–water partition coefficient (Wildman–Crippen LogP) is 6.12. The fourth-order valence-electron chi connectivity index (χ4n) is 2.42. The molecule has 0 saturated heterocycles. The van der Waals surface area contributed by atoms with E-state index in [-0.39, 0.29) is 5.88 Å². The average molecular weight is 483 g/mol. The molecule has 1 atom stereocenters. The third kappa shape index (κ3) is 6.27. The van der Waals surface area contributed by atoms with Gasteiger partial charge in [-0.25, -0.2) is 4.98 Å². The monoisotopic (exact) mass is 481 g/mol. The van der Waals surface area contributed by atoms with E-state index >= 15 is 0 Å². The van der Waals surface area contributed by atoms with Crippen LogP contribution in [0.5, 0.6) is 5.88 Å². The Morgan fingerprint density at radius 3 is 2.64 bits per heavy atom. The first-order valence-corrected chi connectivity index (χ1v) is 8.92. The quantitative estimate of drug-likeness (QED) is 0.506. The van der Waals surface area contributed by atoms with E-state index in [2.05, 4.69) is 36.8 Å². The highest BCUT2D eigenvalue weighted by atomic mass is 79.9. The molecule has 0 radical (unpaired) electrons. The van der Waals surface area contributed by atoms with Crippen molar-refractivity contribution in [2.75, 3.05) is 6.61 Å². The minimum Gasteiger partial charge on any atom is -0.439 e. The summed E-state index contributed by atoms with van der Waals surface area (Å²) in [6.07, 6.45) is 2.47. The smallest absolute Gasteiger partial charge is 0.417 e. The van der Waals surface area contributed by atoms with E-state index in [9.17, 15) is 13.2 Å². The Morgan fingerprint density at radius 1 is 1.36 bits per heavy atom. The number of ether oxygens (including phenoxy) is 2. The first kappa shape index (κ1) is 20.2. The number of alkyl halides is 3. The molecule has 0 saturated carbocycles. The topological polar surface area (TPSA) is 31.4 Å². The molecule has 1 aliphatic carbocycles. The van der Waals surface area contributed by atoms with Crippen LogP contribution in [0.15, 0.2) is 51.3 Å². The lowest BCUT2D eigenvalue weighted by Gasteiger charge is -2.30. The van der Waals surface area contributed by atoms with Crippen LogP contribution in [-0.4, -0.2) is 17.2 Å². The molecule has 0 N–H and O–H groups in total. The van der Waals surface area contributed by atoms with Crippen LogP contribution in [0, 0.1) is 0 Å². The number of rotatable bonds is 5. The summed E-state index contributed by atoms with van der Waals surface area (Å²) in [5.74, 6) is 0.580. The zero-order chi connectivity index (χ0) is 18.7. The van der Waals surface area contributed by atoms with Crippen LogP contribution in [0.2, 0.25) is 0 Å². The molecule has 0 amide bonds. The number of allylic oxidation sites excluding steroid dienone is 1. The second-order valence-corrected chi connectivity index (χ2v) is 8.59. The molecule has 0 spiro atoms. The van der Waals surface area contributed by atoms with Gasteiger partial charge in [0.25, 0.3) is 0 Å². The van der Waals surface area contributed by atoms with Gasteiger partial charge in [-0.15, -0.1) is 0 Å². The molecule has 25 heavy (non-hydrogen) atoms. The fourth-order valence-corrected chi connectivity index (χ4v) is 2.68. The summed E-state index contributed by atoms with van der Waals surface area (Å²) in [7, 11) is 0. The summed E-state index contributed by atoms with van der Waals surface area (Å²) < 4.78 is 50.0. The van der Waals surface area contributed by atoms with E-state index in [1.807, 2.05) is 26.0 Å². The molecule has 1 aromatic heterocycles. The fraction of sp³-hybridized carbons (Fsp3) is 0.353. The van der Waals surface area contributed by atoms with Crippen LogP contribution in [0.1, 0.15) is 25.8 Å². The normalized spacial score (nSPS) is 20.6. The van der Waals surface area contributed by atoms with E-state index in [1.54, 1.807) is 6.08 Å². The Kier molecular flexibility index (Phi) is 6.51. The lowest BCUT2D eigenvalue weighted by molar-refractivity contribution is -0.137. The van der Waals surface area contributed by atoms with Crippen molar-refractivity contribution in [3.05, 3.63) is 56.8 Å². The molecule has 2 rings (SSSR count). The molecule has 136 valence electrons. The summed E-state index contributed by atoms with van der Waals surface area (Å²) in [4.78, 5) is 3.72. The largest absolute Gasteiger partial charge is 0.439 e. The van der Waals surface area contributed by atoms with E-state index < -0.39 is 17.3 Å². The Balaban J connectivity index is 2.12. The Bertz CT molecular complexity index is 708. The van der Waals surface area contributed by atoms with Crippen molar-refractivity contribution in [2.24, 2.45) is 0 Å². The first-order valence-electron chi connectivity index (χ1n) is 7.34. The van der Waals surface area contributed by atoms with Crippen LogP contribution in [0.4, 0.5) is 13.2 Å². The maximum atomic E-state index is 12.6. The summed E-state index contributed by atoms with van der Waals surface area (Å²) in [5.41, 5.74) is -0.357. The van der Waals surface area contributed by atoms with Gasteiger partial charge in [0.1, 0.15) is 5.76 Å². The van der Waals surface area contributed by atoms with Crippen molar-refractivity contribution in [1.29, 1.82) is 0 Å². The number of hydrogen-bond acceptors (Lipinski definition) is 3. The van der Waals surface area contributed by atoms with Crippen molar-refractivity contribution < 1.29 is 22.6 Å². The predicted molar refractivity (Wildman–Crippen MR) is 96.6 cm³/mol. The Morgan fingerprint density at radius 2 is 2.08 bits per heavy atom. The van der Waals surface area contributed by atoms with E-state index in [0.29, 0.717) is 18.8 Å². The zero-order valence-corrected chi connectivity index (χ0v) is 16.7. The number of pyridine rings is 1. The lowest BCUT2D eigenvalue weighted by atomic mass is 9.91. The van der Waals surface area contributed by atoms with E-state index in [1.165, 1.54) is 6.07 Å². The number of aromatic nitrogens is 1. The van der Waals surface area contributed by atoms with Crippen molar-refractivity contribution in [1.82, 2.24) is 4.98 Å². The third-order valence-corrected chi connectivity index (χ3v) is 4.05. The van der Waals surface area contributed by atoms with Crippen LogP contribution < -0.4 is 4.74 Å². The molecule has 0 bridgehead atoms. The zero-order valence-electron chi connectivity index (χ0n) is 13.5. The van der Waals surface area contributed by atoms with Gasteiger partial charge in [0, 0.05) is 18.7 Å². The highest BCUT2D eigenvalue weighted by molar-refractivity contribution is 9.28. The van der Waals surface area contributed by atoms with E-state index in [0.717, 1.165) is 21.2 Å². The molecule has 0 aliphatic heterocycles. The molecule has 1 aromatic rings. The molecular weight excluding hydrogens is 467 g/mol. The standard InChI is InChI=1S/C17H16Br2F3NO2/c1-11-7-13(9-16(2,8-11)24-6-5-14(18)19)25-15-4-3-12(10-23-15)17(20,21)22/h3-5,7,9-10H,6,8H2,1-2H3. The van der Waals surface area contributed by atoms with Crippen molar-refractivity contribution in [3.8, 4) is 5.88 Å². The molecule has 1 heterocycles. The highest BCUT2D eigenvalue weighted by Crippen LogP contribution is 2.32. The minimum atomic E-state index is -4.42. The molecule has 1 unspecified atom stereocenters. The van der Waals surface area contributed by atoms with Crippen LogP contribution in [0.25, 0.3) is 0 Å². The first-order chi connectivity index (χ1) is 11.6. The van der Waals surface area contributed by atoms with Crippen molar-refractivity contribution in [2.45, 2.75) is 32.0 Å². The summed E-state index contributed by atoms with van der Waals surface area (Å²) in [6.45, 7) is 4.25. The summed E-state index contributed by atoms with van der Waals surface area (Å²) in [6, 6.07) is 2.14. The van der Waals surface area contributed by atoms with Crippen LogP contribution in [0.3, 0.4) is 0 Å². The number of halogens is 5. The van der Waals surface area contributed by atoms with Crippen LogP contribution in [-0.2, 0) is 10.9 Å². The summed E-state index contributed by atoms with van der Waals surface area (Å²) >= 11 is 6.53. The van der Waals surface area contributed by atoms with Gasteiger partial charge in [-0.1, -0.05) is 5.57 Å². The highest BCUT2D eigenvalue weighted by Gasteiger charge is 2.31. The van der Waals surface area contributed by atoms with Gasteiger partial charge in [-0.2, -0.15) is 13.2 Å². The van der Waals surface area contributed by atoms with Gasteiger partial charge in [-0.05, 0) is 70.0 Å². The van der Waals surface area contributed by atoms with Gasteiger partial charge in [0.2, 0.25) is 5.88 Å². The molecular formula is C17H16Br2F3NO2. The maximum absolute atomic E-state index is 12.6. The average Bonchev–Trinajstić information content (AvgIpc) is 2.45. The summed E-state index contributed by atoms with van der Waals surface area (Å²) in [5, 5.41) is 0. The molecule has 0 fully saturated rings. The Hall–Kier alpha value is -1.12. The second-order valence-electron chi connectivity index (χ2n) is 5.82. The maximum Gasteiger partial charge on any atom is 0.417 e. The SMILES string of the molecule is CC1=CC(Oc2ccc(C(F)(F)F)cn2)=CC(C)(OCC=C(Br)Br)C1. The van der Waals surface area contributed by atoms with Gasteiger partial charge in [-0.3, -0.25) is 0 Å². The lowest BCUT2D eigenvalue weighted by Crippen LogP contribution is -2.30. The number of hydrogen-bond donors (Lipinski definition) is 0. The van der Waals surface area contributed by atoms with Gasteiger partial charge < -0.3 is 9.47 Å². The van der Waals surface area contributed by atoms with Crippen LogP contribution >= 0.6 is 31.9 Å². The molecule has 0 aromatic carbocycles. The van der Waals surface area contributed by atoms with Gasteiger partial charge in [0.15, 0.2) is 0 Å². The molecule has 3 nitrogen and oxygen atoms in total. The van der Waals surface area contributed by atoms with Gasteiger partial charge >= 0.3 is 6.18 Å². The van der Waals surface area contributed by atoms with Gasteiger partial charge in [0.05, 0.1) is 21.2 Å². The molecule has 1 aliphatic rings. The van der Waals surface area contributed by atoms with Crippen molar-refractivity contribution >= 4 is 31.9 Å². The number of nitrogens with zero attached hydrogens (tertiary/aromatic N) is 1. The Labute approximate surface area is 160 Å². The second kappa shape index (κ2) is 8.05.